The minimum Gasteiger partial charge on any atom is -0.354 e. The number of halogens is 2. The minimum absolute atomic E-state index is 0.905. The van der Waals surface area contributed by atoms with Gasteiger partial charge >= 0.3 is 0 Å². The SMILES string of the molecule is Brc1cc(Br)c2c(c1)N(Cc1ccccc1)CN(Cc1ccccc1)C2. The number of rotatable bonds is 4. The van der Waals surface area contributed by atoms with E-state index in [1.165, 1.54) is 22.4 Å². The molecule has 0 N–H and O–H groups in total. The molecule has 2 nitrogen and oxygen atoms in total. The van der Waals surface area contributed by atoms with Gasteiger partial charge in [-0.1, -0.05) is 92.5 Å². The Bertz CT molecular complexity index is 881. The summed E-state index contributed by atoms with van der Waals surface area (Å²) in [5.41, 5.74) is 5.34. The first-order valence-electron chi connectivity index (χ1n) is 8.72. The Morgan fingerprint density at radius 2 is 1.38 bits per heavy atom. The zero-order valence-corrected chi connectivity index (χ0v) is 17.6. The van der Waals surface area contributed by atoms with Crippen molar-refractivity contribution in [1.82, 2.24) is 4.90 Å². The quantitative estimate of drug-likeness (QED) is 0.447. The number of fused-ring (bicyclic) bond motifs is 1. The smallest absolute Gasteiger partial charge is 0.0716 e. The number of hydrogen-bond donors (Lipinski definition) is 0. The maximum Gasteiger partial charge on any atom is 0.0716 e. The molecule has 0 fully saturated rings. The highest BCUT2D eigenvalue weighted by Crippen LogP contribution is 2.37. The Morgan fingerprint density at radius 1 is 0.769 bits per heavy atom. The summed E-state index contributed by atoms with van der Waals surface area (Å²) in [7, 11) is 0. The molecule has 3 aromatic rings. The highest BCUT2D eigenvalue weighted by Gasteiger charge is 2.25. The van der Waals surface area contributed by atoms with Gasteiger partial charge in [0.25, 0.3) is 0 Å². The highest BCUT2D eigenvalue weighted by atomic mass is 79.9. The molecule has 132 valence electrons. The zero-order chi connectivity index (χ0) is 17.9. The maximum absolute atomic E-state index is 3.78. The van der Waals surface area contributed by atoms with E-state index in [9.17, 15) is 0 Å². The van der Waals surface area contributed by atoms with Crippen LogP contribution in [-0.4, -0.2) is 11.6 Å². The predicted molar refractivity (Wildman–Crippen MR) is 115 cm³/mol. The summed E-state index contributed by atoms with van der Waals surface area (Å²) in [6.07, 6.45) is 0. The Morgan fingerprint density at radius 3 is 2.04 bits per heavy atom. The molecule has 1 aliphatic rings. The van der Waals surface area contributed by atoms with Crippen LogP contribution in [0.2, 0.25) is 0 Å². The van der Waals surface area contributed by atoms with E-state index in [2.05, 4.69) is 114 Å². The van der Waals surface area contributed by atoms with Gasteiger partial charge in [-0.25, -0.2) is 0 Å². The van der Waals surface area contributed by atoms with E-state index in [0.29, 0.717) is 0 Å². The van der Waals surface area contributed by atoms with Gasteiger partial charge in [-0.3, -0.25) is 4.90 Å². The summed E-state index contributed by atoms with van der Waals surface area (Å²) in [5, 5.41) is 0. The number of anilines is 1. The normalized spacial score (nSPS) is 14.3. The van der Waals surface area contributed by atoms with Crippen molar-refractivity contribution in [3.05, 3.63) is 98.4 Å². The van der Waals surface area contributed by atoms with Crippen LogP contribution in [0.25, 0.3) is 0 Å². The van der Waals surface area contributed by atoms with Crippen molar-refractivity contribution in [3.8, 4) is 0 Å². The predicted octanol–water partition coefficient (Wildman–Crippen LogP) is 6.19. The first-order valence-corrected chi connectivity index (χ1v) is 10.3. The summed E-state index contributed by atoms with van der Waals surface area (Å²) in [4.78, 5) is 4.96. The molecule has 0 atom stereocenters. The summed E-state index contributed by atoms with van der Waals surface area (Å²) in [6, 6.07) is 25.8. The van der Waals surface area contributed by atoms with E-state index in [-0.39, 0.29) is 0 Å². The fourth-order valence-corrected chi connectivity index (χ4v) is 4.83. The van der Waals surface area contributed by atoms with Gasteiger partial charge in [0.2, 0.25) is 0 Å². The van der Waals surface area contributed by atoms with Crippen LogP contribution in [0.4, 0.5) is 5.69 Å². The van der Waals surface area contributed by atoms with Gasteiger partial charge < -0.3 is 4.90 Å². The molecule has 0 aromatic heterocycles. The molecule has 1 aliphatic heterocycles. The average molecular weight is 472 g/mol. The molecule has 4 rings (SSSR count). The lowest BCUT2D eigenvalue weighted by Crippen LogP contribution is -2.41. The van der Waals surface area contributed by atoms with Crippen LogP contribution in [0, 0.1) is 0 Å². The van der Waals surface area contributed by atoms with E-state index in [1.807, 2.05) is 0 Å². The van der Waals surface area contributed by atoms with E-state index >= 15 is 0 Å². The van der Waals surface area contributed by atoms with Crippen molar-refractivity contribution >= 4 is 37.5 Å². The number of hydrogen-bond acceptors (Lipinski definition) is 2. The summed E-state index contributed by atoms with van der Waals surface area (Å²) < 4.78 is 2.27. The van der Waals surface area contributed by atoms with Crippen LogP contribution < -0.4 is 4.90 Å². The topological polar surface area (TPSA) is 6.48 Å². The van der Waals surface area contributed by atoms with Crippen molar-refractivity contribution in [2.45, 2.75) is 19.6 Å². The van der Waals surface area contributed by atoms with Gasteiger partial charge in [0.05, 0.1) is 6.67 Å². The second kappa shape index (κ2) is 7.95. The largest absolute Gasteiger partial charge is 0.354 e. The van der Waals surface area contributed by atoms with Gasteiger partial charge in [-0.05, 0) is 23.3 Å². The first kappa shape index (κ1) is 17.8. The number of nitrogens with zero attached hydrogens (tertiary/aromatic N) is 2. The van der Waals surface area contributed by atoms with Crippen molar-refractivity contribution in [3.63, 3.8) is 0 Å². The second-order valence-electron chi connectivity index (χ2n) is 6.68. The number of benzene rings is 3. The van der Waals surface area contributed by atoms with E-state index in [0.717, 1.165) is 35.2 Å². The fourth-order valence-electron chi connectivity index (χ4n) is 3.51. The van der Waals surface area contributed by atoms with E-state index in [1.54, 1.807) is 0 Å². The summed E-state index contributed by atoms with van der Waals surface area (Å²) in [5.74, 6) is 0. The first-order chi connectivity index (χ1) is 12.7. The zero-order valence-electron chi connectivity index (χ0n) is 14.4. The molecule has 0 aliphatic carbocycles. The van der Waals surface area contributed by atoms with Gasteiger partial charge in [-0.2, -0.15) is 0 Å². The van der Waals surface area contributed by atoms with Crippen LogP contribution >= 0.6 is 31.9 Å². The van der Waals surface area contributed by atoms with Crippen molar-refractivity contribution in [2.75, 3.05) is 11.6 Å². The van der Waals surface area contributed by atoms with Crippen molar-refractivity contribution in [2.24, 2.45) is 0 Å². The molecular formula is C22H20Br2N2. The van der Waals surface area contributed by atoms with E-state index in [4.69, 9.17) is 0 Å². The third-order valence-corrected chi connectivity index (χ3v) is 5.86. The third-order valence-electron chi connectivity index (χ3n) is 4.70. The second-order valence-corrected chi connectivity index (χ2v) is 8.45. The molecule has 3 aromatic carbocycles. The van der Waals surface area contributed by atoms with Gasteiger partial charge in [0.1, 0.15) is 0 Å². The highest BCUT2D eigenvalue weighted by molar-refractivity contribution is 9.11. The van der Waals surface area contributed by atoms with Crippen LogP contribution in [0.15, 0.2) is 81.7 Å². The molecular weight excluding hydrogens is 452 g/mol. The van der Waals surface area contributed by atoms with Crippen LogP contribution in [0.1, 0.15) is 16.7 Å². The van der Waals surface area contributed by atoms with Crippen molar-refractivity contribution < 1.29 is 0 Å². The van der Waals surface area contributed by atoms with Gasteiger partial charge in [0, 0.05) is 39.8 Å². The lowest BCUT2D eigenvalue weighted by Gasteiger charge is -2.39. The summed E-state index contributed by atoms with van der Waals surface area (Å²) in [6.45, 7) is 3.72. The monoisotopic (exact) mass is 470 g/mol. The molecule has 0 radical (unpaired) electrons. The molecule has 0 saturated carbocycles. The molecule has 0 amide bonds. The van der Waals surface area contributed by atoms with Crippen LogP contribution in [-0.2, 0) is 19.6 Å². The Hall–Kier alpha value is -1.62. The standard InChI is InChI=1S/C22H20Br2N2/c23-19-11-21(24)20-15-25(13-17-7-3-1-4-8-17)16-26(22(20)12-19)14-18-9-5-2-6-10-18/h1-12H,13-16H2. The Balaban J connectivity index is 1.65. The van der Waals surface area contributed by atoms with Gasteiger partial charge in [-0.15, -0.1) is 0 Å². The average Bonchev–Trinajstić information content (AvgIpc) is 2.64. The molecule has 0 unspecified atom stereocenters. The molecule has 0 bridgehead atoms. The fraction of sp³-hybridized carbons (Fsp3) is 0.182. The third kappa shape index (κ3) is 4.03. The molecule has 0 spiro atoms. The lowest BCUT2D eigenvalue weighted by atomic mass is 10.1. The molecule has 0 saturated heterocycles. The van der Waals surface area contributed by atoms with Crippen LogP contribution in [0.5, 0.6) is 0 Å². The molecule has 1 heterocycles. The maximum atomic E-state index is 3.78. The summed E-state index contributed by atoms with van der Waals surface area (Å²) >= 11 is 7.43. The van der Waals surface area contributed by atoms with Crippen molar-refractivity contribution in [1.29, 1.82) is 0 Å². The Labute approximate surface area is 171 Å². The van der Waals surface area contributed by atoms with Gasteiger partial charge in [0.15, 0.2) is 0 Å². The van der Waals surface area contributed by atoms with Crippen LogP contribution in [0.3, 0.4) is 0 Å². The van der Waals surface area contributed by atoms with E-state index < -0.39 is 0 Å². The lowest BCUT2D eigenvalue weighted by molar-refractivity contribution is 0.241. The molecule has 26 heavy (non-hydrogen) atoms. The minimum atomic E-state index is 0.905. The molecule has 4 heteroatoms. The Kier molecular flexibility index (Phi) is 5.44.